The van der Waals surface area contributed by atoms with E-state index in [4.69, 9.17) is 4.74 Å². The number of ether oxygens (including phenoxy) is 1. The zero-order chi connectivity index (χ0) is 20.2. The summed E-state index contributed by atoms with van der Waals surface area (Å²) in [5.41, 5.74) is 3.55. The Morgan fingerprint density at radius 3 is 2.69 bits per heavy atom. The number of aryl methyl sites for hydroxylation is 1. The fourth-order valence-electron chi connectivity index (χ4n) is 3.17. The van der Waals surface area contributed by atoms with Crippen LogP contribution in [-0.2, 0) is 13.7 Å². The zero-order valence-electron chi connectivity index (χ0n) is 15.8. The van der Waals surface area contributed by atoms with E-state index in [1.807, 2.05) is 54.1 Å². The summed E-state index contributed by atoms with van der Waals surface area (Å²) in [6.07, 6.45) is 1.77. The number of rotatable bonds is 5. The number of imidazole rings is 1. The minimum Gasteiger partial charge on any atom is -0.489 e. The van der Waals surface area contributed by atoms with E-state index in [9.17, 15) is 9.65 Å². The molecule has 4 aromatic rings. The number of nitrogens with zero attached hydrogens (tertiary/aromatic N) is 3. The molecule has 0 radical (unpaired) electrons. The number of benzene rings is 3. The van der Waals surface area contributed by atoms with E-state index in [1.54, 1.807) is 30.3 Å². The Hall–Kier alpha value is -3.91. The molecule has 29 heavy (non-hydrogen) atoms. The fourth-order valence-corrected chi connectivity index (χ4v) is 3.17. The topological polar surface area (TPSA) is 50.8 Å². The van der Waals surface area contributed by atoms with Crippen molar-refractivity contribution in [3.8, 4) is 11.8 Å². The first kappa shape index (κ1) is 18.5. The van der Waals surface area contributed by atoms with E-state index in [1.165, 1.54) is 6.07 Å². The van der Waals surface area contributed by atoms with Gasteiger partial charge in [0.05, 0.1) is 16.6 Å². The third-order valence-electron chi connectivity index (χ3n) is 4.67. The Morgan fingerprint density at radius 2 is 1.90 bits per heavy atom. The minimum absolute atomic E-state index is 0.135. The highest BCUT2D eigenvalue weighted by Gasteiger charge is 2.12. The first-order valence-electron chi connectivity index (χ1n) is 9.15. The molecule has 0 amide bonds. The van der Waals surface area contributed by atoms with Crippen LogP contribution >= 0.6 is 0 Å². The molecule has 0 unspecified atom stereocenters. The van der Waals surface area contributed by atoms with Crippen molar-refractivity contribution in [2.75, 3.05) is 0 Å². The van der Waals surface area contributed by atoms with Crippen molar-refractivity contribution in [1.82, 2.24) is 9.55 Å². The van der Waals surface area contributed by atoms with E-state index in [-0.39, 0.29) is 12.4 Å². The van der Waals surface area contributed by atoms with Crippen LogP contribution < -0.4 is 4.74 Å². The Balaban J connectivity index is 1.61. The van der Waals surface area contributed by atoms with Crippen molar-refractivity contribution in [2.45, 2.75) is 6.61 Å². The summed E-state index contributed by atoms with van der Waals surface area (Å²) in [5.74, 6) is 0.910. The Kier molecular flexibility index (Phi) is 5.08. The van der Waals surface area contributed by atoms with E-state index in [0.29, 0.717) is 22.7 Å². The van der Waals surface area contributed by atoms with Crippen LogP contribution in [0.2, 0.25) is 0 Å². The SMILES string of the molecule is Cn1c(/C(C#N)=C\c2cccc(OCc3ccccc3F)c2)nc2ccccc21. The second-order valence-corrected chi connectivity index (χ2v) is 6.61. The molecular formula is C24H18FN3O. The molecule has 5 heteroatoms. The predicted molar refractivity (Wildman–Crippen MR) is 111 cm³/mol. The van der Waals surface area contributed by atoms with Gasteiger partial charge in [-0.1, -0.05) is 42.5 Å². The van der Waals surface area contributed by atoms with Gasteiger partial charge in [0, 0.05) is 12.6 Å². The highest BCUT2D eigenvalue weighted by Crippen LogP contribution is 2.24. The van der Waals surface area contributed by atoms with Crippen molar-refractivity contribution >= 4 is 22.7 Å². The van der Waals surface area contributed by atoms with Crippen molar-refractivity contribution in [1.29, 1.82) is 5.26 Å². The normalized spacial score (nSPS) is 11.4. The standard InChI is InChI=1S/C24H18FN3O/c1-28-23-12-5-4-11-22(23)27-24(28)19(15-26)13-17-7-6-9-20(14-17)29-16-18-8-2-3-10-21(18)25/h2-14H,16H2,1H3/b19-13-. The van der Waals surface area contributed by atoms with Crippen LogP contribution in [0.5, 0.6) is 5.75 Å². The molecule has 0 atom stereocenters. The molecule has 0 saturated carbocycles. The molecule has 0 aliphatic rings. The van der Waals surface area contributed by atoms with Gasteiger partial charge in [-0.15, -0.1) is 0 Å². The van der Waals surface area contributed by atoms with Gasteiger partial charge in [0.1, 0.15) is 24.2 Å². The van der Waals surface area contributed by atoms with Gasteiger partial charge in [-0.2, -0.15) is 5.26 Å². The van der Waals surface area contributed by atoms with Gasteiger partial charge in [0.25, 0.3) is 0 Å². The molecule has 0 N–H and O–H groups in total. The second-order valence-electron chi connectivity index (χ2n) is 6.61. The lowest BCUT2D eigenvalue weighted by Crippen LogP contribution is -1.98. The number of fused-ring (bicyclic) bond motifs is 1. The van der Waals surface area contributed by atoms with Crippen LogP contribution in [0.15, 0.2) is 72.8 Å². The molecule has 4 nitrogen and oxygen atoms in total. The first-order chi connectivity index (χ1) is 14.2. The molecule has 142 valence electrons. The average molecular weight is 383 g/mol. The van der Waals surface area contributed by atoms with Crippen molar-refractivity contribution in [3.63, 3.8) is 0 Å². The first-order valence-corrected chi connectivity index (χ1v) is 9.15. The lowest BCUT2D eigenvalue weighted by Gasteiger charge is -2.08. The summed E-state index contributed by atoms with van der Waals surface area (Å²) in [6, 6.07) is 23.9. The number of nitriles is 1. The van der Waals surface area contributed by atoms with Crippen LogP contribution in [0, 0.1) is 17.1 Å². The Labute approximate surface area is 168 Å². The second kappa shape index (κ2) is 7.99. The van der Waals surface area contributed by atoms with Gasteiger partial charge in [-0.05, 0) is 42.0 Å². The molecule has 0 fully saturated rings. The van der Waals surface area contributed by atoms with Gasteiger partial charge in [0.2, 0.25) is 0 Å². The van der Waals surface area contributed by atoms with Crippen LogP contribution in [0.25, 0.3) is 22.7 Å². The summed E-state index contributed by atoms with van der Waals surface area (Å²) >= 11 is 0. The Bertz CT molecular complexity index is 1250. The van der Waals surface area contributed by atoms with E-state index in [2.05, 4.69) is 11.1 Å². The number of hydrogen-bond acceptors (Lipinski definition) is 3. The molecule has 1 aromatic heterocycles. The molecule has 3 aromatic carbocycles. The molecular weight excluding hydrogens is 365 g/mol. The van der Waals surface area contributed by atoms with Gasteiger partial charge >= 0.3 is 0 Å². The summed E-state index contributed by atoms with van der Waals surface area (Å²) in [5, 5.41) is 9.70. The smallest absolute Gasteiger partial charge is 0.151 e. The summed E-state index contributed by atoms with van der Waals surface area (Å²) < 4.78 is 21.4. The maximum atomic E-state index is 13.8. The monoisotopic (exact) mass is 383 g/mol. The molecule has 4 rings (SSSR count). The van der Waals surface area contributed by atoms with E-state index >= 15 is 0 Å². The molecule has 0 spiro atoms. The fraction of sp³-hybridized carbons (Fsp3) is 0.0833. The van der Waals surface area contributed by atoms with Crippen LogP contribution in [-0.4, -0.2) is 9.55 Å². The maximum absolute atomic E-state index is 13.8. The number of para-hydroxylation sites is 2. The van der Waals surface area contributed by atoms with Crippen LogP contribution in [0.1, 0.15) is 17.0 Å². The molecule has 0 aliphatic heterocycles. The molecule has 0 aliphatic carbocycles. The number of hydrogen-bond donors (Lipinski definition) is 0. The quantitative estimate of drug-likeness (QED) is 0.436. The van der Waals surface area contributed by atoms with Crippen LogP contribution in [0.4, 0.5) is 4.39 Å². The summed E-state index contributed by atoms with van der Waals surface area (Å²) in [7, 11) is 1.89. The number of allylic oxidation sites excluding steroid dienone is 1. The third kappa shape index (κ3) is 3.87. The summed E-state index contributed by atoms with van der Waals surface area (Å²) in [4.78, 5) is 4.59. The van der Waals surface area contributed by atoms with E-state index in [0.717, 1.165) is 16.6 Å². The number of halogens is 1. The average Bonchev–Trinajstić information content (AvgIpc) is 3.08. The predicted octanol–water partition coefficient (Wildman–Crippen LogP) is 5.36. The summed E-state index contributed by atoms with van der Waals surface area (Å²) in [6.45, 7) is 0.135. The van der Waals surface area contributed by atoms with Crippen LogP contribution in [0.3, 0.4) is 0 Å². The van der Waals surface area contributed by atoms with Crippen molar-refractivity contribution in [2.24, 2.45) is 7.05 Å². The minimum atomic E-state index is -0.294. The van der Waals surface area contributed by atoms with Crippen molar-refractivity contribution < 1.29 is 9.13 Å². The lowest BCUT2D eigenvalue weighted by atomic mass is 10.1. The van der Waals surface area contributed by atoms with Gasteiger partial charge in [-0.25, -0.2) is 9.37 Å². The molecule has 1 heterocycles. The largest absolute Gasteiger partial charge is 0.489 e. The number of aromatic nitrogens is 2. The lowest BCUT2D eigenvalue weighted by molar-refractivity contribution is 0.300. The van der Waals surface area contributed by atoms with Gasteiger partial charge in [-0.3, -0.25) is 0 Å². The zero-order valence-corrected chi connectivity index (χ0v) is 15.8. The highest BCUT2D eigenvalue weighted by atomic mass is 19.1. The molecule has 0 saturated heterocycles. The maximum Gasteiger partial charge on any atom is 0.151 e. The Morgan fingerprint density at radius 1 is 1.10 bits per heavy atom. The van der Waals surface area contributed by atoms with Gasteiger partial charge in [0.15, 0.2) is 5.82 Å². The third-order valence-corrected chi connectivity index (χ3v) is 4.67. The van der Waals surface area contributed by atoms with Crippen molar-refractivity contribution in [3.05, 3.63) is 95.6 Å². The van der Waals surface area contributed by atoms with E-state index < -0.39 is 0 Å². The molecule has 0 bridgehead atoms. The highest BCUT2D eigenvalue weighted by molar-refractivity contribution is 5.90. The van der Waals surface area contributed by atoms with Gasteiger partial charge < -0.3 is 9.30 Å².